The number of hydrogen-bond acceptors (Lipinski definition) is 3. The molecule has 0 saturated carbocycles. The second kappa shape index (κ2) is 6.80. The van der Waals surface area contributed by atoms with E-state index < -0.39 is 0 Å². The standard InChI is InChI=1S/C18H30N2O/c1-5-17(14-6-8-16(21)9-7-14)19-15-10-12-20(13-11-15)18(2,3)4/h6-9,15,17,19,21H,5,10-13H2,1-4H3. The van der Waals surface area contributed by atoms with Crippen molar-refractivity contribution in [3.63, 3.8) is 0 Å². The van der Waals surface area contributed by atoms with E-state index in [9.17, 15) is 5.11 Å². The van der Waals surface area contributed by atoms with Gasteiger partial charge in [-0.2, -0.15) is 0 Å². The molecule has 118 valence electrons. The predicted octanol–water partition coefficient (Wildman–Crippen LogP) is 3.70. The van der Waals surface area contributed by atoms with E-state index in [0.717, 1.165) is 6.42 Å². The highest BCUT2D eigenvalue weighted by molar-refractivity contribution is 5.28. The minimum Gasteiger partial charge on any atom is -0.508 e. The van der Waals surface area contributed by atoms with Crippen molar-refractivity contribution in [3.8, 4) is 5.75 Å². The third-order valence-corrected chi connectivity index (χ3v) is 4.58. The lowest BCUT2D eigenvalue weighted by molar-refractivity contribution is 0.0935. The summed E-state index contributed by atoms with van der Waals surface area (Å²) in [6.45, 7) is 11.5. The van der Waals surface area contributed by atoms with E-state index in [4.69, 9.17) is 0 Å². The molecule has 0 aliphatic carbocycles. The van der Waals surface area contributed by atoms with Crippen molar-refractivity contribution in [2.24, 2.45) is 0 Å². The topological polar surface area (TPSA) is 35.5 Å². The van der Waals surface area contributed by atoms with Crippen LogP contribution in [0.1, 0.15) is 58.6 Å². The molecule has 0 spiro atoms. The zero-order valence-corrected chi connectivity index (χ0v) is 13.9. The van der Waals surface area contributed by atoms with Crippen molar-refractivity contribution in [1.82, 2.24) is 10.2 Å². The quantitative estimate of drug-likeness (QED) is 0.887. The first-order chi connectivity index (χ1) is 9.90. The van der Waals surface area contributed by atoms with Gasteiger partial charge in [-0.1, -0.05) is 19.1 Å². The second-order valence-electron chi connectivity index (χ2n) is 7.15. The molecule has 1 aliphatic heterocycles. The van der Waals surface area contributed by atoms with Crippen LogP contribution in [0.15, 0.2) is 24.3 Å². The molecular formula is C18H30N2O. The molecule has 1 atom stereocenters. The number of aromatic hydroxyl groups is 1. The van der Waals surface area contributed by atoms with Gasteiger partial charge < -0.3 is 10.4 Å². The third kappa shape index (κ3) is 4.45. The maximum absolute atomic E-state index is 9.41. The SMILES string of the molecule is CCC(NC1CCN(C(C)(C)C)CC1)c1ccc(O)cc1. The fourth-order valence-electron chi connectivity index (χ4n) is 3.16. The summed E-state index contributed by atoms with van der Waals surface area (Å²) in [4.78, 5) is 2.58. The zero-order valence-electron chi connectivity index (χ0n) is 13.9. The first kappa shape index (κ1) is 16.3. The van der Waals surface area contributed by atoms with Crippen molar-refractivity contribution in [2.75, 3.05) is 13.1 Å². The van der Waals surface area contributed by atoms with Crippen LogP contribution in [0.2, 0.25) is 0 Å². The minimum atomic E-state index is 0.284. The van der Waals surface area contributed by atoms with Gasteiger partial charge in [0, 0.05) is 30.7 Å². The Bertz CT molecular complexity index is 428. The minimum absolute atomic E-state index is 0.284. The fraction of sp³-hybridized carbons (Fsp3) is 0.667. The average Bonchev–Trinajstić information content (AvgIpc) is 2.45. The molecule has 1 aromatic carbocycles. The van der Waals surface area contributed by atoms with Crippen molar-refractivity contribution < 1.29 is 5.11 Å². The fourth-order valence-corrected chi connectivity index (χ4v) is 3.16. The van der Waals surface area contributed by atoms with Crippen LogP contribution < -0.4 is 5.32 Å². The third-order valence-electron chi connectivity index (χ3n) is 4.58. The number of likely N-dealkylation sites (tertiary alicyclic amines) is 1. The van der Waals surface area contributed by atoms with E-state index in [1.54, 1.807) is 12.1 Å². The van der Waals surface area contributed by atoms with Crippen LogP contribution in [0.4, 0.5) is 0 Å². The van der Waals surface area contributed by atoms with Gasteiger partial charge in [0.05, 0.1) is 0 Å². The van der Waals surface area contributed by atoms with Gasteiger partial charge in [0.1, 0.15) is 5.75 Å². The lowest BCUT2D eigenvalue weighted by Crippen LogP contribution is -2.50. The molecule has 3 nitrogen and oxygen atoms in total. The highest BCUT2D eigenvalue weighted by atomic mass is 16.3. The number of phenolic OH excluding ortho intramolecular Hbond substituents is 1. The van der Waals surface area contributed by atoms with Gasteiger partial charge in [0.15, 0.2) is 0 Å². The van der Waals surface area contributed by atoms with Gasteiger partial charge in [0.25, 0.3) is 0 Å². The molecule has 1 heterocycles. The van der Waals surface area contributed by atoms with Crippen LogP contribution in [-0.2, 0) is 0 Å². The summed E-state index contributed by atoms with van der Waals surface area (Å²) in [6, 6.07) is 8.60. The van der Waals surface area contributed by atoms with E-state index in [1.807, 2.05) is 12.1 Å². The average molecular weight is 290 g/mol. The van der Waals surface area contributed by atoms with Crippen LogP contribution >= 0.6 is 0 Å². The Balaban J connectivity index is 1.90. The zero-order chi connectivity index (χ0) is 15.5. The lowest BCUT2D eigenvalue weighted by atomic mass is 9.96. The monoisotopic (exact) mass is 290 g/mol. The number of nitrogens with one attached hydrogen (secondary N) is 1. The Labute approximate surface area is 129 Å². The Morgan fingerprint density at radius 1 is 1.19 bits per heavy atom. The van der Waals surface area contributed by atoms with Crippen LogP contribution in [-0.4, -0.2) is 34.7 Å². The molecule has 1 unspecified atom stereocenters. The molecule has 21 heavy (non-hydrogen) atoms. The molecule has 0 radical (unpaired) electrons. The summed E-state index contributed by atoms with van der Waals surface area (Å²) in [7, 11) is 0. The first-order valence-corrected chi connectivity index (χ1v) is 8.20. The Hall–Kier alpha value is -1.06. The number of rotatable bonds is 4. The second-order valence-corrected chi connectivity index (χ2v) is 7.15. The van der Waals surface area contributed by atoms with E-state index in [1.165, 1.54) is 31.5 Å². The summed E-state index contributed by atoms with van der Waals surface area (Å²) in [5, 5.41) is 13.2. The summed E-state index contributed by atoms with van der Waals surface area (Å²) >= 11 is 0. The molecule has 2 rings (SSSR count). The number of piperidine rings is 1. The number of nitrogens with zero attached hydrogens (tertiary/aromatic N) is 1. The molecule has 1 fully saturated rings. The van der Waals surface area contributed by atoms with Crippen LogP contribution in [0.3, 0.4) is 0 Å². The molecule has 1 saturated heterocycles. The summed E-state index contributed by atoms with van der Waals surface area (Å²) in [6.07, 6.45) is 3.50. The summed E-state index contributed by atoms with van der Waals surface area (Å²) in [5.74, 6) is 0.340. The summed E-state index contributed by atoms with van der Waals surface area (Å²) < 4.78 is 0. The number of hydrogen-bond donors (Lipinski definition) is 2. The van der Waals surface area contributed by atoms with Crippen molar-refractivity contribution in [1.29, 1.82) is 0 Å². The van der Waals surface area contributed by atoms with Gasteiger partial charge in [-0.05, 0) is 57.7 Å². The van der Waals surface area contributed by atoms with Crippen LogP contribution in [0, 0.1) is 0 Å². The van der Waals surface area contributed by atoms with Gasteiger partial charge in [0.2, 0.25) is 0 Å². The summed E-state index contributed by atoms with van der Waals surface area (Å²) in [5.41, 5.74) is 1.56. The normalized spacial score (nSPS) is 19.6. The van der Waals surface area contributed by atoms with Gasteiger partial charge in [-0.3, -0.25) is 4.90 Å². The maximum Gasteiger partial charge on any atom is 0.115 e. The number of phenols is 1. The van der Waals surface area contributed by atoms with Crippen molar-refractivity contribution in [2.45, 2.75) is 64.6 Å². The van der Waals surface area contributed by atoms with Crippen molar-refractivity contribution >= 4 is 0 Å². The highest BCUT2D eigenvalue weighted by Gasteiger charge is 2.27. The molecule has 1 aromatic rings. The molecule has 3 heteroatoms. The molecule has 0 aromatic heterocycles. The molecule has 2 N–H and O–H groups in total. The van der Waals surface area contributed by atoms with Crippen LogP contribution in [0.25, 0.3) is 0 Å². The van der Waals surface area contributed by atoms with E-state index in [-0.39, 0.29) is 5.54 Å². The Morgan fingerprint density at radius 2 is 1.76 bits per heavy atom. The first-order valence-electron chi connectivity index (χ1n) is 8.20. The maximum atomic E-state index is 9.41. The van der Waals surface area contributed by atoms with Gasteiger partial charge >= 0.3 is 0 Å². The smallest absolute Gasteiger partial charge is 0.115 e. The van der Waals surface area contributed by atoms with E-state index in [0.29, 0.717) is 17.8 Å². The van der Waals surface area contributed by atoms with Crippen molar-refractivity contribution in [3.05, 3.63) is 29.8 Å². The lowest BCUT2D eigenvalue weighted by Gasteiger charge is -2.41. The van der Waals surface area contributed by atoms with E-state index in [2.05, 4.69) is 37.9 Å². The highest BCUT2D eigenvalue weighted by Crippen LogP contribution is 2.24. The molecule has 0 amide bonds. The molecule has 1 aliphatic rings. The predicted molar refractivity (Wildman–Crippen MR) is 88.6 cm³/mol. The molecule has 0 bridgehead atoms. The molecular weight excluding hydrogens is 260 g/mol. The largest absolute Gasteiger partial charge is 0.508 e. The van der Waals surface area contributed by atoms with Gasteiger partial charge in [-0.25, -0.2) is 0 Å². The Morgan fingerprint density at radius 3 is 2.24 bits per heavy atom. The number of benzene rings is 1. The van der Waals surface area contributed by atoms with Crippen LogP contribution in [0.5, 0.6) is 5.75 Å². The van der Waals surface area contributed by atoms with E-state index >= 15 is 0 Å². The Kier molecular flexibility index (Phi) is 5.28. The van der Waals surface area contributed by atoms with Gasteiger partial charge in [-0.15, -0.1) is 0 Å².